The lowest BCUT2D eigenvalue weighted by atomic mass is 10.1. The molecule has 3 N–H and O–H groups in total. The van der Waals surface area contributed by atoms with Gasteiger partial charge in [-0.2, -0.15) is 0 Å². The first kappa shape index (κ1) is 14.5. The number of anilines is 2. The molecule has 2 rings (SSSR count). The van der Waals surface area contributed by atoms with E-state index in [1.165, 1.54) is 7.11 Å². The summed E-state index contributed by atoms with van der Waals surface area (Å²) in [6.45, 7) is 0. The Bertz CT molecular complexity index is 639. The van der Waals surface area contributed by atoms with Crippen LogP contribution in [0.3, 0.4) is 0 Å². The van der Waals surface area contributed by atoms with Crippen molar-refractivity contribution in [2.24, 2.45) is 0 Å². The van der Waals surface area contributed by atoms with Crippen LogP contribution in [0.2, 0.25) is 10.0 Å². The zero-order valence-electron chi connectivity index (χ0n) is 10.6. The Balaban J connectivity index is 2.33. The van der Waals surface area contributed by atoms with Crippen molar-refractivity contribution in [2.45, 2.75) is 0 Å². The number of para-hydroxylation sites is 1. The minimum Gasteiger partial charge on any atom is -0.496 e. The van der Waals surface area contributed by atoms with Gasteiger partial charge < -0.3 is 15.8 Å². The number of hydrogen-bond acceptors (Lipinski definition) is 3. The van der Waals surface area contributed by atoms with Crippen LogP contribution >= 0.6 is 23.2 Å². The summed E-state index contributed by atoms with van der Waals surface area (Å²) in [5.41, 5.74) is 6.86. The molecule has 0 bridgehead atoms. The smallest absolute Gasteiger partial charge is 0.259 e. The summed E-state index contributed by atoms with van der Waals surface area (Å²) in [5, 5.41) is 3.39. The summed E-state index contributed by atoms with van der Waals surface area (Å²) >= 11 is 12.0. The standard InChI is InChI=1S/C14H12Cl2N2O2/c1-20-12-7-8(17)5-6-9(12)14(19)18-13-10(15)3-2-4-11(13)16/h2-7H,17H2,1H3,(H,18,19). The van der Waals surface area contributed by atoms with Gasteiger partial charge in [0.25, 0.3) is 5.91 Å². The van der Waals surface area contributed by atoms with Gasteiger partial charge in [-0.15, -0.1) is 0 Å². The first-order valence-electron chi connectivity index (χ1n) is 5.72. The highest BCUT2D eigenvalue weighted by Gasteiger charge is 2.15. The highest BCUT2D eigenvalue weighted by molar-refractivity contribution is 6.40. The van der Waals surface area contributed by atoms with E-state index < -0.39 is 0 Å². The quantitative estimate of drug-likeness (QED) is 0.847. The monoisotopic (exact) mass is 310 g/mol. The van der Waals surface area contributed by atoms with E-state index in [9.17, 15) is 4.79 Å². The Hall–Kier alpha value is -1.91. The van der Waals surface area contributed by atoms with Crippen LogP contribution in [0.25, 0.3) is 0 Å². The third-order valence-electron chi connectivity index (χ3n) is 2.67. The van der Waals surface area contributed by atoms with Crippen LogP contribution in [0.1, 0.15) is 10.4 Å². The molecular formula is C14H12Cl2N2O2. The normalized spacial score (nSPS) is 10.2. The molecule has 2 aromatic rings. The summed E-state index contributed by atoms with van der Waals surface area (Å²) in [6, 6.07) is 9.75. The van der Waals surface area contributed by atoms with Crippen molar-refractivity contribution in [3.8, 4) is 5.75 Å². The van der Waals surface area contributed by atoms with Gasteiger partial charge in [-0.3, -0.25) is 4.79 Å². The highest BCUT2D eigenvalue weighted by atomic mass is 35.5. The van der Waals surface area contributed by atoms with Gasteiger partial charge in [-0.1, -0.05) is 29.3 Å². The predicted molar refractivity (Wildman–Crippen MR) is 81.8 cm³/mol. The molecule has 0 fully saturated rings. The first-order valence-corrected chi connectivity index (χ1v) is 6.47. The van der Waals surface area contributed by atoms with E-state index in [1.54, 1.807) is 36.4 Å². The second-order valence-corrected chi connectivity index (χ2v) is 4.82. The number of hydrogen-bond donors (Lipinski definition) is 2. The molecule has 4 nitrogen and oxygen atoms in total. The summed E-state index contributed by atoms with van der Waals surface area (Å²) in [7, 11) is 1.47. The molecule has 0 aliphatic carbocycles. The highest BCUT2D eigenvalue weighted by Crippen LogP contribution is 2.31. The van der Waals surface area contributed by atoms with Gasteiger partial charge in [-0.25, -0.2) is 0 Å². The number of halogens is 2. The summed E-state index contributed by atoms with van der Waals surface area (Å²) in [5.74, 6) is 0.00234. The fourth-order valence-electron chi connectivity index (χ4n) is 1.69. The molecule has 2 aromatic carbocycles. The fraction of sp³-hybridized carbons (Fsp3) is 0.0714. The third kappa shape index (κ3) is 2.98. The average Bonchev–Trinajstić information content (AvgIpc) is 2.42. The maximum Gasteiger partial charge on any atom is 0.259 e. The van der Waals surface area contributed by atoms with E-state index in [0.29, 0.717) is 32.7 Å². The SMILES string of the molecule is COc1cc(N)ccc1C(=O)Nc1c(Cl)cccc1Cl. The van der Waals surface area contributed by atoms with Crippen molar-refractivity contribution in [1.82, 2.24) is 0 Å². The Labute approximate surface area is 126 Å². The third-order valence-corrected chi connectivity index (χ3v) is 3.30. The van der Waals surface area contributed by atoms with E-state index >= 15 is 0 Å². The molecule has 1 amide bonds. The van der Waals surface area contributed by atoms with Crippen molar-refractivity contribution < 1.29 is 9.53 Å². The van der Waals surface area contributed by atoms with Crippen molar-refractivity contribution >= 4 is 40.5 Å². The second-order valence-electron chi connectivity index (χ2n) is 4.01. The molecule has 0 heterocycles. The van der Waals surface area contributed by atoms with Crippen LogP contribution < -0.4 is 15.8 Å². The Morgan fingerprint density at radius 1 is 1.20 bits per heavy atom. The minimum atomic E-state index is -0.378. The van der Waals surface area contributed by atoms with Crippen LogP contribution in [0.15, 0.2) is 36.4 Å². The van der Waals surface area contributed by atoms with Gasteiger partial charge >= 0.3 is 0 Å². The molecule has 0 spiro atoms. The lowest BCUT2D eigenvalue weighted by Gasteiger charge is -2.12. The number of methoxy groups -OCH3 is 1. The molecule has 0 saturated carbocycles. The number of ether oxygens (including phenoxy) is 1. The van der Waals surface area contributed by atoms with E-state index in [4.69, 9.17) is 33.7 Å². The van der Waals surface area contributed by atoms with Gasteiger partial charge in [0.15, 0.2) is 0 Å². The van der Waals surface area contributed by atoms with Crippen LogP contribution in [0, 0.1) is 0 Å². The number of nitrogen functional groups attached to an aromatic ring is 1. The topological polar surface area (TPSA) is 64.3 Å². The van der Waals surface area contributed by atoms with Gasteiger partial charge in [-0.05, 0) is 24.3 Å². The maximum atomic E-state index is 12.3. The maximum absolute atomic E-state index is 12.3. The fourth-order valence-corrected chi connectivity index (χ4v) is 2.19. The number of carbonyl (C=O) groups is 1. The number of nitrogens with two attached hydrogens (primary N) is 1. The van der Waals surface area contributed by atoms with Gasteiger partial charge in [0.2, 0.25) is 0 Å². The number of benzene rings is 2. The van der Waals surface area contributed by atoms with Crippen LogP contribution in [-0.2, 0) is 0 Å². The van der Waals surface area contributed by atoms with Crippen LogP contribution in [-0.4, -0.2) is 13.0 Å². The van der Waals surface area contributed by atoms with Gasteiger partial charge in [0, 0.05) is 11.8 Å². The van der Waals surface area contributed by atoms with E-state index in [2.05, 4.69) is 5.32 Å². The zero-order chi connectivity index (χ0) is 14.7. The first-order chi connectivity index (χ1) is 9.52. The Kier molecular flexibility index (Phi) is 4.37. The van der Waals surface area contributed by atoms with Crippen molar-refractivity contribution in [3.63, 3.8) is 0 Å². The molecule has 0 aliphatic rings. The Morgan fingerprint density at radius 3 is 2.45 bits per heavy atom. The molecule has 104 valence electrons. The largest absolute Gasteiger partial charge is 0.496 e. The molecule has 20 heavy (non-hydrogen) atoms. The van der Waals surface area contributed by atoms with Crippen LogP contribution in [0.4, 0.5) is 11.4 Å². The van der Waals surface area contributed by atoms with E-state index in [1.807, 2.05) is 0 Å². The molecule has 0 unspecified atom stereocenters. The number of amides is 1. The van der Waals surface area contributed by atoms with Crippen molar-refractivity contribution in [1.29, 1.82) is 0 Å². The molecule has 0 radical (unpaired) electrons. The number of nitrogens with one attached hydrogen (secondary N) is 1. The van der Waals surface area contributed by atoms with Crippen LogP contribution in [0.5, 0.6) is 5.75 Å². The Morgan fingerprint density at radius 2 is 1.85 bits per heavy atom. The van der Waals surface area contributed by atoms with Gasteiger partial charge in [0.05, 0.1) is 28.4 Å². The summed E-state index contributed by atoms with van der Waals surface area (Å²) < 4.78 is 5.14. The molecule has 0 atom stereocenters. The molecular weight excluding hydrogens is 299 g/mol. The molecule has 0 saturated heterocycles. The molecule has 0 aromatic heterocycles. The predicted octanol–water partition coefficient (Wildman–Crippen LogP) is 3.84. The van der Waals surface area contributed by atoms with Crippen molar-refractivity contribution in [3.05, 3.63) is 52.0 Å². The number of carbonyl (C=O) groups excluding carboxylic acids is 1. The molecule has 6 heteroatoms. The lowest BCUT2D eigenvalue weighted by molar-refractivity contribution is 0.102. The van der Waals surface area contributed by atoms with E-state index in [0.717, 1.165) is 0 Å². The second kappa shape index (κ2) is 6.03. The van der Waals surface area contributed by atoms with Gasteiger partial charge in [0.1, 0.15) is 5.75 Å². The summed E-state index contributed by atoms with van der Waals surface area (Å²) in [6.07, 6.45) is 0. The lowest BCUT2D eigenvalue weighted by Crippen LogP contribution is -2.14. The minimum absolute atomic E-state index is 0.345. The zero-order valence-corrected chi connectivity index (χ0v) is 12.1. The molecule has 0 aliphatic heterocycles. The van der Waals surface area contributed by atoms with Crippen molar-refractivity contribution in [2.75, 3.05) is 18.2 Å². The average molecular weight is 311 g/mol. The summed E-state index contributed by atoms with van der Waals surface area (Å²) in [4.78, 5) is 12.3. The number of rotatable bonds is 3. The van der Waals surface area contributed by atoms with E-state index in [-0.39, 0.29) is 5.91 Å².